The number of nitrogens with zero attached hydrogens (tertiary/aromatic N) is 4. The lowest BCUT2D eigenvalue weighted by Crippen LogP contribution is -2.03. The molecule has 0 saturated heterocycles. The summed E-state index contributed by atoms with van der Waals surface area (Å²) in [6.07, 6.45) is 1.53. The summed E-state index contributed by atoms with van der Waals surface area (Å²) in [6.45, 7) is 0.326. The van der Waals surface area contributed by atoms with E-state index in [0.29, 0.717) is 21.9 Å². The van der Waals surface area contributed by atoms with Crippen LogP contribution in [0, 0.1) is 10.1 Å². The van der Waals surface area contributed by atoms with Crippen molar-refractivity contribution in [2.24, 2.45) is 0 Å². The average Bonchev–Trinajstić information content (AvgIpc) is 2.59. The van der Waals surface area contributed by atoms with Crippen LogP contribution < -0.4 is 0 Å². The average molecular weight is 318 g/mol. The van der Waals surface area contributed by atoms with Gasteiger partial charge in [-0.15, -0.1) is 0 Å². The Hall–Kier alpha value is -1.47. The van der Waals surface area contributed by atoms with E-state index < -0.39 is 4.92 Å². The van der Waals surface area contributed by atoms with Gasteiger partial charge < -0.3 is 10.1 Å². The van der Waals surface area contributed by atoms with Crippen LogP contribution in [0.5, 0.6) is 0 Å². The number of halogens is 2. The van der Waals surface area contributed by atoms with Crippen molar-refractivity contribution in [1.82, 2.24) is 14.8 Å². The van der Waals surface area contributed by atoms with Crippen molar-refractivity contribution in [2.75, 3.05) is 0 Å². The Labute approximate surface area is 110 Å². The molecule has 2 rings (SSSR count). The predicted octanol–water partition coefficient (Wildman–Crippen LogP) is 2.65. The number of rotatable bonds is 3. The minimum atomic E-state index is -0.550. The molecular weight excluding hydrogens is 311 g/mol. The van der Waals surface area contributed by atoms with Crippen molar-refractivity contribution in [3.8, 4) is 0 Å². The number of hydrogen-bond donors (Lipinski definition) is 0. The fraction of sp³-hybridized carbons (Fsp3) is 0.111. The van der Waals surface area contributed by atoms with Crippen LogP contribution in [0.4, 0.5) is 5.82 Å². The lowest BCUT2D eigenvalue weighted by atomic mass is 10.3. The molecule has 0 amide bonds. The fourth-order valence-corrected chi connectivity index (χ4v) is 1.94. The van der Waals surface area contributed by atoms with E-state index in [2.05, 4.69) is 26.0 Å². The summed E-state index contributed by atoms with van der Waals surface area (Å²) < 4.78 is 1.77. The molecule has 0 unspecified atom stereocenters. The van der Waals surface area contributed by atoms with E-state index in [4.69, 9.17) is 11.6 Å². The van der Waals surface area contributed by atoms with E-state index >= 15 is 0 Å². The van der Waals surface area contributed by atoms with Gasteiger partial charge in [-0.05, 0) is 33.0 Å². The number of hydrogen-bond acceptors (Lipinski definition) is 4. The largest absolute Gasteiger partial charge is 0.404 e. The molecule has 2 aromatic heterocycles. The molecular formula is C9H6BrClN4O2. The molecule has 0 bridgehead atoms. The third-order valence-corrected chi connectivity index (χ3v) is 2.74. The predicted molar refractivity (Wildman–Crippen MR) is 64.9 cm³/mol. The number of pyridine rings is 1. The Bertz CT molecular complexity index is 572. The third-order valence-electron chi connectivity index (χ3n) is 1.97. The normalized spacial score (nSPS) is 10.5. The summed E-state index contributed by atoms with van der Waals surface area (Å²) in [4.78, 5) is 14.1. The van der Waals surface area contributed by atoms with E-state index in [-0.39, 0.29) is 5.82 Å². The lowest BCUT2D eigenvalue weighted by molar-refractivity contribution is -0.390. The van der Waals surface area contributed by atoms with Crippen LogP contribution in [0.15, 0.2) is 28.9 Å². The summed E-state index contributed by atoms with van der Waals surface area (Å²) in [5, 5.41) is 14.8. The molecule has 0 aliphatic rings. The minimum absolute atomic E-state index is 0.216. The molecule has 2 aromatic rings. The standard InChI is InChI=1S/C9H6BrClN4O2/c10-7-5-14(13-9(7)15(16)17)4-6-2-1-3-8(11)12-6/h1-3,5H,4H2. The van der Waals surface area contributed by atoms with Gasteiger partial charge in [0.1, 0.15) is 16.2 Å². The molecule has 0 aromatic carbocycles. The van der Waals surface area contributed by atoms with Gasteiger partial charge in [-0.3, -0.25) is 0 Å². The molecule has 8 heteroatoms. The zero-order valence-electron chi connectivity index (χ0n) is 8.38. The van der Waals surface area contributed by atoms with Crippen LogP contribution in [-0.2, 0) is 6.54 Å². The fourth-order valence-electron chi connectivity index (χ4n) is 1.30. The van der Waals surface area contributed by atoms with Crippen molar-refractivity contribution in [3.63, 3.8) is 0 Å². The molecule has 0 atom stereocenters. The Kier molecular flexibility index (Phi) is 3.39. The van der Waals surface area contributed by atoms with Crippen LogP contribution in [-0.4, -0.2) is 19.7 Å². The SMILES string of the molecule is O=[N+]([O-])c1nn(Cc2cccc(Cl)n2)cc1Br. The van der Waals surface area contributed by atoms with E-state index in [9.17, 15) is 10.1 Å². The van der Waals surface area contributed by atoms with Crippen molar-refractivity contribution >= 4 is 33.3 Å². The van der Waals surface area contributed by atoms with Gasteiger partial charge in [-0.25, -0.2) is 4.98 Å². The van der Waals surface area contributed by atoms with E-state index in [1.54, 1.807) is 18.2 Å². The third kappa shape index (κ3) is 2.80. The van der Waals surface area contributed by atoms with Crippen LogP contribution in [0.3, 0.4) is 0 Å². The molecule has 0 spiro atoms. The minimum Gasteiger partial charge on any atom is -0.358 e. The first-order chi connectivity index (χ1) is 8.06. The summed E-state index contributed by atoms with van der Waals surface area (Å²) in [5.41, 5.74) is 0.683. The van der Waals surface area contributed by atoms with Gasteiger partial charge >= 0.3 is 5.82 Å². The van der Waals surface area contributed by atoms with Crippen LogP contribution in [0.25, 0.3) is 0 Å². The molecule has 0 aliphatic carbocycles. The lowest BCUT2D eigenvalue weighted by Gasteiger charge is -1.97. The van der Waals surface area contributed by atoms with Gasteiger partial charge in [-0.1, -0.05) is 17.7 Å². The van der Waals surface area contributed by atoms with Gasteiger partial charge in [0.15, 0.2) is 0 Å². The van der Waals surface area contributed by atoms with E-state index in [0.717, 1.165) is 0 Å². The first-order valence-corrected chi connectivity index (χ1v) is 5.72. The van der Waals surface area contributed by atoms with Gasteiger partial charge in [0.05, 0.1) is 17.0 Å². The number of nitro groups is 1. The molecule has 0 saturated carbocycles. The molecule has 6 nitrogen and oxygen atoms in total. The maximum Gasteiger partial charge on any atom is 0.404 e. The Balaban J connectivity index is 2.25. The van der Waals surface area contributed by atoms with Gasteiger partial charge in [0, 0.05) is 0 Å². The topological polar surface area (TPSA) is 73.8 Å². The Morgan fingerprint density at radius 2 is 2.29 bits per heavy atom. The van der Waals surface area contributed by atoms with Gasteiger partial charge in [-0.2, -0.15) is 4.68 Å². The molecule has 2 heterocycles. The van der Waals surface area contributed by atoms with Crippen molar-refractivity contribution in [3.05, 3.63) is 49.8 Å². The zero-order valence-corrected chi connectivity index (χ0v) is 10.7. The highest BCUT2D eigenvalue weighted by Crippen LogP contribution is 2.22. The monoisotopic (exact) mass is 316 g/mol. The smallest absolute Gasteiger partial charge is 0.358 e. The number of aromatic nitrogens is 3. The van der Waals surface area contributed by atoms with Gasteiger partial charge in [0.2, 0.25) is 0 Å². The molecule has 0 fully saturated rings. The van der Waals surface area contributed by atoms with Crippen molar-refractivity contribution < 1.29 is 4.92 Å². The van der Waals surface area contributed by atoms with Crippen molar-refractivity contribution in [2.45, 2.75) is 6.54 Å². The molecule has 0 radical (unpaired) electrons. The summed E-state index contributed by atoms with van der Waals surface area (Å²) in [5.74, 6) is -0.216. The van der Waals surface area contributed by atoms with Crippen LogP contribution in [0.1, 0.15) is 5.69 Å². The van der Waals surface area contributed by atoms with Crippen LogP contribution in [0.2, 0.25) is 5.15 Å². The Morgan fingerprint density at radius 1 is 1.53 bits per heavy atom. The summed E-state index contributed by atoms with van der Waals surface area (Å²) >= 11 is 8.81. The van der Waals surface area contributed by atoms with Crippen LogP contribution >= 0.6 is 27.5 Å². The second-order valence-corrected chi connectivity index (χ2v) is 4.45. The first-order valence-electron chi connectivity index (χ1n) is 4.55. The van der Waals surface area contributed by atoms with Crippen molar-refractivity contribution in [1.29, 1.82) is 0 Å². The maximum absolute atomic E-state index is 10.6. The molecule has 17 heavy (non-hydrogen) atoms. The van der Waals surface area contributed by atoms with E-state index in [1.807, 2.05) is 0 Å². The van der Waals surface area contributed by atoms with Gasteiger partial charge in [0.25, 0.3) is 0 Å². The summed E-state index contributed by atoms with van der Waals surface area (Å²) in [6, 6.07) is 5.19. The highest BCUT2D eigenvalue weighted by molar-refractivity contribution is 9.10. The first kappa shape index (κ1) is 12.0. The molecule has 88 valence electrons. The molecule has 0 aliphatic heterocycles. The van der Waals surface area contributed by atoms with E-state index in [1.165, 1.54) is 10.9 Å². The highest BCUT2D eigenvalue weighted by Gasteiger charge is 2.18. The zero-order chi connectivity index (χ0) is 12.4. The highest BCUT2D eigenvalue weighted by atomic mass is 79.9. The summed E-state index contributed by atoms with van der Waals surface area (Å²) in [7, 11) is 0. The second-order valence-electron chi connectivity index (χ2n) is 3.21. The Morgan fingerprint density at radius 3 is 2.88 bits per heavy atom. The maximum atomic E-state index is 10.6. The second kappa shape index (κ2) is 4.80. The quantitative estimate of drug-likeness (QED) is 0.495. The molecule has 0 N–H and O–H groups in total.